The minimum atomic E-state index is -4.71. The Morgan fingerprint density at radius 2 is 1.73 bits per heavy atom. The van der Waals surface area contributed by atoms with Crippen LogP contribution in [0.2, 0.25) is 0 Å². The molecule has 3 heterocycles. The van der Waals surface area contributed by atoms with Crippen LogP contribution in [0.15, 0.2) is 4.52 Å². The van der Waals surface area contributed by atoms with Gasteiger partial charge in [-0.15, -0.1) is 0 Å². The molecule has 2 aliphatic heterocycles. The van der Waals surface area contributed by atoms with Gasteiger partial charge in [0, 0.05) is 37.4 Å². The van der Waals surface area contributed by atoms with Crippen molar-refractivity contribution in [3.8, 4) is 0 Å². The van der Waals surface area contributed by atoms with Gasteiger partial charge in [-0.25, -0.2) is 9.18 Å². The largest absolute Gasteiger partial charge is 0.444 e. The van der Waals surface area contributed by atoms with Crippen LogP contribution >= 0.6 is 0 Å². The van der Waals surface area contributed by atoms with Gasteiger partial charge in [-0.1, -0.05) is 11.6 Å². The molecule has 0 bridgehead atoms. The van der Waals surface area contributed by atoms with E-state index in [0.29, 0.717) is 0 Å². The summed E-state index contributed by atoms with van der Waals surface area (Å²) in [5.41, 5.74) is -5.11. The zero-order chi connectivity index (χ0) is 29.3. The maximum Gasteiger partial charge on any atom is 0.410 e. The fourth-order valence-electron chi connectivity index (χ4n) is 6.70. The van der Waals surface area contributed by atoms with E-state index in [4.69, 9.17) is 9.26 Å². The number of likely N-dealkylation sites (tertiary alicyclic amines) is 2. The van der Waals surface area contributed by atoms with Gasteiger partial charge in [-0.3, -0.25) is 9.69 Å². The number of nitrogens with zero attached hydrogens (tertiary/aromatic N) is 4. The Morgan fingerprint density at radius 3 is 2.23 bits per heavy atom. The molecule has 1 spiro atoms. The number of halogens is 4. The Labute approximate surface area is 230 Å². The SMILES string of the molecule is CC1(F)CC(c2nc(C3(C(F)(F)F)CCN(C(=O)[C@@H]4C[C@@H](O)C5(CCC5)CN4C(=O)OC(C)(C)C)CC3)no2)C1. The molecule has 1 N–H and O–H groups in total. The van der Waals surface area contributed by atoms with Crippen LogP contribution in [0.3, 0.4) is 0 Å². The van der Waals surface area contributed by atoms with Crippen molar-refractivity contribution in [2.75, 3.05) is 19.6 Å². The zero-order valence-corrected chi connectivity index (χ0v) is 23.4. The first-order valence-electron chi connectivity index (χ1n) is 14.0. The predicted molar refractivity (Wildman–Crippen MR) is 133 cm³/mol. The average Bonchev–Trinajstić information content (AvgIpc) is 3.29. The highest BCUT2D eigenvalue weighted by molar-refractivity contribution is 5.86. The summed E-state index contributed by atoms with van der Waals surface area (Å²) in [4.78, 5) is 33.6. The molecule has 40 heavy (non-hydrogen) atoms. The van der Waals surface area contributed by atoms with E-state index in [1.165, 1.54) is 16.7 Å². The summed E-state index contributed by atoms with van der Waals surface area (Å²) in [6.07, 6.45) is -4.58. The van der Waals surface area contributed by atoms with Crippen molar-refractivity contribution >= 4 is 12.0 Å². The quantitative estimate of drug-likeness (QED) is 0.524. The number of aliphatic hydroxyl groups excluding tert-OH is 1. The highest BCUT2D eigenvalue weighted by Gasteiger charge is 2.61. The third-order valence-electron chi connectivity index (χ3n) is 9.31. The summed E-state index contributed by atoms with van der Waals surface area (Å²) in [5, 5.41) is 14.6. The van der Waals surface area contributed by atoms with Crippen LogP contribution < -0.4 is 0 Å². The monoisotopic (exact) mass is 574 g/mol. The number of aliphatic hydroxyl groups is 1. The van der Waals surface area contributed by atoms with Gasteiger partial charge in [0.15, 0.2) is 5.82 Å². The number of carbonyl (C=O) groups excluding carboxylic acids is 2. The van der Waals surface area contributed by atoms with Gasteiger partial charge in [0.2, 0.25) is 11.8 Å². The molecule has 2 aliphatic carbocycles. The number of aromatic nitrogens is 2. The Hall–Kier alpha value is -2.44. The minimum Gasteiger partial charge on any atom is -0.444 e. The van der Waals surface area contributed by atoms with Gasteiger partial charge in [-0.2, -0.15) is 18.2 Å². The molecule has 0 radical (unpaired) electrons. The molecular formula is C27H38F4N4O5. The van der Waals surface area contributed by atoms with Crippen molar-refractivity contribution < 1.29 is 41.5 Å². The normalized spacial score (nSPS) is 31.9. The van der Waals surface area contributed by atoms with Crippen LogP contribution in [0, 0.1) is 5.41 Å². The third-order valence-corrected chi connectivity index (χ3v) is 9.31. The molecule has 2 amide bonds. The van der Waals surface area contributed by atoms with Gasteiger partial charge in [0.05, 0.1) is 6.10 Å². The maximum absolute atomic E-state index is 14.5. The first-order valence-corrected chi connectivity index (χ1v) is 14.0. The lowest BCUT2D eigenvalue weighted by molar-refractivity contribution is -0.207. The van der Waals surface area contributed by atoms with E-state index in [1.54, 1.807) is 20.8 Å². The number of rotatable bonds is 3. The minimum absolute atomic E-state index is 0.00127. The molecule has 9 nitrogen and oxygen atoms in total. The van der Waals surface area contributed by atoms with Crippen LogP contribution in [0.5, 0.6) is 0 Å². The van der Waals surface area contributed by atoms with Crippen LogP contribution in [0.4, 0.5) is 22.4 Å². The van der Waals surface area contributed by atoms with Gasteiger partial charge >= 0.3 is 12.3 Å². The number of alkyl halides is 4. The summed E-state index contributed by atoms with van der Waals surface area (Å²) in [7, 11) is 0. The van der Waals surface area contributed by atoms with Crippen molar-refractivity contribution in [3.05, 3.63) is 11.7 Å². The number of ether oxygens (including phenoxy) is 1. The Morgan fingerprint density at radius 1 is 1.10 bits per heavy atom. The highest BCUT2D eigenvalue weighted by atomic mass is 19.4. The number of hydrogen-bond acceptors (Lipinski definition) is 7. The topological polar surface area (TPSA) is 109 Å². The van der Waals surface area contributed by atoms with Crippen molar-refractivity contribution in [3.63, 3.8) is 0 Å². The second-order valence-electron chi connectivity index (χ2n) is 13.5. The lowest BCUT2D eigenvalue weighted by Gasteiger charge is -2.54. The van der Waals surface area contributed by atoms with E-state index in [1.807, 2.05) is 0 Å². The predicted octanol–water partition coefficient (Wildman–Crippen LogP) is 4.64. The van der Waals surface area contributed by atoms with Crippen molar-refractivity contribution in [1.29, 1.82) is 0 Å². The molecule has 1 aromatic heterocycles. The van der Waals surface area contributed by atoms with Crippen LogP contribution in [0.25, 0.3) is 0 Å². The standard InChI is InChI=1S/C27H38F4N4O5/c1-23(2,3)39-22(38)35-15-25(6-5-7-25)18(36)12-17(35)20(37)34-10-8-26(9-11-34,27(29,30)31)21-32-19(40-33-21)16-13-24(4,28)14-16/h16-18,36H,5-15H2,1-4H3/t16?,17-,18+,24?/m0/s1. The zero-order valence-electron chi connectivity index (χ0n) is 23.4. The van der Waals surface area contributed by atoms with E-state index in [0.717, 1.165) is 19.3 Å². The molecule has 2 saturated carbocycles. The highest BCUT2D eigenvalue weighted by Crippen LogP contribution is 2.51. The van der Waals surface area contributed by atoms with E-state index in [9.17, 15) is 32.3 Å². The maximum atomic E-state index is 14.5. The summed E-state index contributed by atoms with van der Waals surface area (Å²) in [6.45, 7) is 6.24. The summed E-state index contributed by atoms with van der Waals surface area (Å²) in [6, 6.07) is -1.04. The number of piperidine rings is 2. The van der Waals surface area contributed by atoms with Gasteiger partial charge < -0.3 is 19.3 Å². The third kappa shape index (κ3) is 5.07. The number of carbonyl (C=O) groups is 2. The van der Waals surface area contributed by atoms with Crippen molar-refractivity contribution in [1.82, 2.24) is 19.9 Å². The summed E-state index contributed by atoms with van der Waals surface area (Å²) >= 11 is 0. The molecule has 1 aromatic rings. The summed E-state index contributed by atoms with van der Waals surface area (Å²) in [5.74, 6) is -1.43. The molecule has 2 saturated heterocycles. The molecular weight excluding hydrogens is 536 g/mol. The first-order chi connectivity index (χ1) is 18.5. The van der Waals surface area contributed by atoms with E-state index >= 15 is 0 Å². The molecule has 4 aliphatic rings. The molecule has 0 aromatic carbocycles. The van der Waals surface area contributed by atoms with Crippen molar-refractivity contribution in [2.45, 2.75) is 120 Å². The molecule has 13 heteroatoms. The molecule has 0 unspecified atom stereocenters. The number of hydrogen-bond donors (Lipinski definition) is 1. The molecule has 4 fully saturated rings. The van der Waals surface area contributed by atoms with Gasteiger partial charge in [-0.05, 0) is 66.2 Å². The first kappa shape index (κ1) is 29.1. The molecule has 5 rings (SSSR count). The second kappa shape index (κ2) is 9.55. The number of amides is 2. The van der Waals surface area contributed by atoms with E-state index in [2.05, 4.69) is 10.1 Å². The molecule has 224 valence electrons. The smallest absolute Gasteiger partial charge is 0.410 e. The lowest BCUT2D eigenvalue weighted by Crippen LogP contribution is -2.65. The Bertz CT molecular complexity index is 1130. The second-order valence-corrected chi connectivity index (χ2v) is 13.5. The van der Waals surface area contributed by atoms with Crippen molar-refractivity contribution in [2.24, 2.45) is 5.41 Å². The van der Waals surface area contributed by atoms with Crippen LogP contribution in [-0.4, -0.2) is 86.3 Å². The van der Waals surface area contributed by atoms with E-state index < -0.39 is 77.0 Å². The van der Waals surface area contributed by atoms with Gasteiger partial charge in [0.25, 0.3) is 0 Å². The fraction of sp³-hybridized carbons (Fsp3) is 0.852. The Balaban J connectivity index is 1.32. The molecule has 2 atom stereocenters. The lowest BCUT2D eigenvalue weighted by atomic mass is 9.61. The van der Waals surface area contributed by atoms with E-state index in [-0.39, 0.29) is 44.8 Å². The van der Waals surface area contributed by atoms with Gasteiger partial charge in [0.1, 0.15) is 22.7 Å². The van der Waals surface area contributed by atoms with Crippen LogP contribution in [0.1, 0.15) is 96.7 Å². The summed E-state index contributed by atoms with van der Waals surface area (Å²) < 4.78 is 68.2. The fourth-order valence-corrected chi connectivity index (χ4v) is 6.70. The Kier molecular flexibility index (Phi) is 6.94. The van der Waals surface area contributed by atoms with Crippen LogP contribution in [-0.2, 0) is 14.9 Å². The average molecular weight is 575 g/mol.